The Bertz CT molecular complexity index is 566. The van der Waals surface area contributed by atoms with Crippen molar-refractivity contribution in [1.82, 2.24) is 0 Å². The van der Waals surface area contributed by atoms with Crippen molar-refractivity contribution in [3.05, 3.63) is 58.6 Å². The van der Waals surface area contributed by atoms with Gasteiger partial charge in [0.15, 0.2) is 0 Å². The zero-order valence-electron chi connectivity index (χ0n) is 11.2. The van der Waals surface area contributed by atoms with E-state index < -0.39 is 0 Å². The molecule has 0 amide bonds. The van der Waals surface area contributed by atoms with Gasteiger partial charge in [0.2, 0.25) is 0 Å². The van der Waals surface area contributed by atoms with E-state index in [2.05, 4.69) is 31.3 Å². The van der Waals surface area contributed by atoms with Crippen molar-refractivity contribution in [2.75, 3.05) is 5.32 Å². The van der Waals surface area contributed by atoms with Crippen LogP contribution >= 0.6 is 11.6 Å². The second-order valence-electron chi connectivity index (χ2n) is 4.84. The molecule has 2 rings (SSSR count). The van der Waals surface area contributed by atoms with Crippen molar-refractivity contribution in [2.45, 2.75) is 26.3 Å². The minimum Gasteiger partial charge on any atom is -0.506 e. The predicted molar refractivity (Wildman–Crippen MR) is 81.0 cm³/mol. The van der Waals surface area contributed by atoms with Gasteiger partial charge >= 0.3 is 0 Å². The first-order chi connectivity index (χ1) is 9.09. The number of hydrogen-bond acceptors (Lipinski definition) is 2. The van der Waals surface area contributed by atoms with Crippen LogP contribution in [0.5, 0.6) is 5.75 Å². The summed E-state index contributed by atoms with van der Waals surface area (Å²) in [5.74, 6) is 0.607. The summed E-state index contributed by atoms with van der Waals surface area (Å²) in [5.41, 5.74) is 3.16. The monoisotopic (exact) mass is 275 g/mol. The van der Waals surface area contributed by atoms with E-state index in [0.717, 1.165) is 11.3 Å². The Hall–Kier alpha value is -1.67. The van der Waals surface area contributed by atoms with E-state index in [0.29, 0.717) is 17.5 Å². The number of benzene rings is 2. The number of phenolic OH excluding ortho intramolecular Hbond substituents is 1. The molecule has 0 fully saturated rings. The Labute approximate surface area is 119 Å². The SMILES string of the molecule is CC(C)c1ccccc1NCc1cccc(Cl)c1O. The van der Waals surface area contributed by atoms with E-state index in [9.17, 15) is 5.11 Å². The molecule has 2 N–H and O–H groups in total. The van der Waals surface area contributed by atoms with Crippen molar-refractivity contribution in [3.8, 4) is 5.75 Å². The molecule has 2 nitrogen and oxygen atoms in total. The molecule has 3 heteroatoms. The minimum atomic E-state index is 0.152. The summed E-state index contributed by atoms with van der Waals surface area (Å²) in [6.07, 6.45) is 0. The maximum atomic E-state index is 9.88. The number of hydrogen-bond donors (Lipinski definition) is 2. The van der Waals surface area contributed by atoms with Crippen LogP contribution in [0.4, 0.5) is 5.69 Å². The molecule has 0 aliphatic rings. The van der Waals surface area contributed by atoms with Crippen LogP contribution in [0.25, 0.3) is 0 Å². The molecule has 0 saturated heterocycles. The summed E-state index contributed by atoms with van der Waals surface area (Å²) in [4.78, 5) is 0. The smallest absolute Gasteiger partial charge is 0.139 e. The van der Waals surface area contributed by atoms with Crippen LogP contribution in [0.3, 0.4) is 0 Å². The number of phenols is 1. The highest BCUT2D eigenvalue weighted by molar-refractivity contribution is 6.32. The lowest BCUT2D eigenvalue weighted by atomic mass is 10.0. The molecular weight excluding hydrogens is 258 g/mol. The fraction of sp³-hybridized carbons (Fsp3) is 0.250. The average Bonchev–Trinajstić information content (AvgIpc) is 2.40. The van der Waals surface area contributed by atoms with Gasteiger partial charge in [-0.15, -0.1) is 0 Å². The zero-order chi connectivity index (χ0) is 13.8. The van der Waals surface area contributed by atoms with E-state index >= 15 is 0 Å². The van der Waals surface area contributed by atoms with Gasteiger partial charge in [0.25, 0.3) is 0 Å². The van der Waals surface area contributed by atoms with Crippen molar-refractivity contribution >= 4 is 17.3 Å². The topological polar surface area (TPSA) is 32.3 Å². The number of para-hydroxylation sites is 2. The molecule has 0 saturated carbocycles. The number of rotatable bonds is 4. The molecule has 0 aliphatic heterocycles. The summed E-state index contributed by atoms with van der Waals surface area (Å²) in [7, 11) is 0. The number of halogens is 1. The molecule has 0 atom stereocenters. The lowest BCUT2D eigenvalue weighted by Crippen LogP contribution is -2.03. The quantitative estimate of drug-likeness (QED) is 0.841. The Balaban J connectivity index is 2.17. The first-order valence-corrected chi connectivity index (χ1v) is 6.76. The first kappa shape index (κ1) is 13.8. The van der Waals surface area contributed by atoms with E-state index in [4.69, 9.17) is 11.6 Å². The third-order valence-electron chi connectivity index (χ3n) is 3.12. The lowest BCUT2D eigenvalue weighted by Gasteiger charge is -2.15. The van der Waals surface area contributed by atoms with E-state index in [-0.39, 0.29) is 5.75 Å². The van der Waals surface area contributed by atoms with Crippen molar-refractivity contribution in [2.24, 2.45) is 0 Å². The summed E-state index contributed by atoms with van der Waals surface area (Å²) >= 11 is 5.90. The summed E-state index contributed by atoms with van der Waals surface area (Å²) in [6, 6.07) is 13.6. The fourth-order valence-corrected chi connectivity index (χ4v) is 2.25. The highest BCUT2D eigenvalue weighted by Crippen LogP contribution is 2.29. The van der Waals surface area contributed by atoms with Gasteiger partial charge in [-0.2, -0.15) is 0 Å². The molecule has 0 bridgehead atoms. The summed E-state index contributed by atoms with van der Waals surface area (Å²) in [6.45, 7) is 4.88. The van der Waals surface area contributed by atoms with Gasteiger partial charge in [0.1, 0.15) is 5.75 Å². The third kappa shape index (κ3) is 3.21. The van der Waals surface area contributed by atoms with Gasteiger partial charge in [0, 0.05) is 17.8 Å². The molecule has 0 spiro atoms. The summed E-state index contributed by atoms with van der Waals surface area (Å²) < 4.78 is 0. The van der Waals surface area contributed by atoms with Crippen LogP contribution in [-0.4, -0.2) is 5.11 Å². The molecule has 19 heavy (non-hydrogen) atoms. The van der Waals surface area contributed by atoms with Gasteiger partial charge in [-0.3, -0.25) is 0 Å². The van der Waals surface area contributed by atoms with Gasteiger partial charge in [-0.25, -0.2) is 0 Å². The van der Waals surface area contributed by atoms with Crippen LogP contribution in [0.2, 0.25) is 5.02 Å². The largest absolute Gasteiger partial charge is 0.506 e. The molecule has 0 aliphatic carbocycles. The number of anilines is 1. The molecule has 2 aromatic carbocycles. The maximum absolute atomic E-state index is 9.88. The highest BCUT2D eigenvalue weighted by atomic mass is 35.5. The standard InChI is InChI=1S/C16H18ClNO/c1-11(2)13-7-3-4-9-15(13)18-10-12-6-5-8-14(17)16(12)19/h3-9,11,18-19H,10H2,1-2H3. The second-order valence-corrected chi connectivity index (χ2v) is 5.25. The van der Waals surface area contributed by atoms with Crippen molar-refractivity contribution in [1.29, 1.82) is 0 Å². The third-order valence-corrected chi connectivity index (χ3v) is 3.43. The van der Waals surface area contributed by atoms with Crippen molar-refractivity contribution < 1.29 is 5.11 Å². The van der Waals surface area contributed by atoms with Gasteiger partial charge in [0.05, 0.1) is 5.02 Å². The van der Waals surface area contributed by atoms with E-state index in [1.54, 1.807) is 6.07 Å². The number of aromatic hydroxyl groups is 1. The van der Waals surface area contributed by atoms with Crippen LogP contribution in [-0.2, 0) is 6.54 Å². The Morgan fingerprint density at radius 3 is 2.58 bits per heavy atom. The molecule has 2 aromatic rings. The van der Waals surface area contributed by atoms with Crippen LogP contribution in [0, 0.1) is 0 Å². The molecular formula is C16H18ClNO. The molecule has 100 valence electrons. The van der Waals surface area contributed by atoms with Gasteiger partial charge in [-0.1, -0.05) is 55.8 Å². The van der Waals surface area contributed by atoms with E-state index in [1.165, 1.54) is 5.56 Å². The zero-order valence-corrected chi connectivity index (χ0v) is 11.9. The normalized spacial score (nSPS) is 10.7. The maximum Gasteiger partial charge on any atom is 0.139 e. The average molecular weight is 276 g/mol. The molecule has 0 radical (unpaired) electrons. The molecule has 0 heterocycles. The Morgan fingerprint density at radius 2 is 1.84 bits per heavy atom. The van der Waals surface area contributed by atoms with Crippen LogP contribution in [0.1, 0.15) is 30.9 Å². The lowest BCUT2D eigenvalue weighted by molar-refractivity contribution is 0.469. The Morgan fingerprint density at radius 1 is 1.11 bits per heavy atom. The Kier molecular flexibility index (Phi) is 4.33. The minimum absolute atomic E-state index is 0.152. The first-order valence-electron chi connectivity index (χ1n) is 6.38. The van der Waals surface area contributed by atoms with E-state index in [1.807, 2.05) is 24.3 Å². The fourth-order valence-electron chi connectivity index (χ4n) is 2.05. The highest BCUT2D eigenvalue weighted by Gasteiger charge is 2.08. The molecule has 0 unspecified atom stereocenters. The predicted octanol–water partition coefficient (Wildman–Crippen LogP) is 4.78. The van der Waals surface area contributed by atoms with Gasteiger partial charge in [-0.05, 0) is 23.6 Å². The van der Waals surface area contributed by atoms with Crippen LogP contribution in [0.15, 0.2) is 42.5 Å². The van der Waals surface area contributed by atoms with Crippen LogP contribution < -0.4 is 5.32 Å². The number of nitrogens with one attached hydrogen (secondary N) is 1. The van der Waals surface area contributed by atoms with Crippen molar-refractivity contribution in [3.63, 3.8) is 0 Å². The summed E-state index contributed by atoms with van der Waals surface area (Å²) in [5, 5.41) is 13.6. The van der Waals surface area contributed by atoms with Gasteiger partial charge < -0.3 is 10.4 Å². The molecule has 0 aromatic heterocycles. The second kappa shape index (κ2) is 5.98.